The van der Waals surface area contributed by atoms with Crippen molar-refractivity contribution in [3.63, 3.8) is 0 Å². The smallest absolute Gasteiger partial charge is 0.225 e. The molecule has 0 unspecified atom stereocenters. The van der Waals surface area contributed by atoms with Crippen LogP contribution in [0, 0.1) is 19.7 Å². The summed E-state index contributed by atoms with van der Waals surface area (Å²) in [7, 11) is 1.62. The highest BCUT2D eigenvalue weighted by molar-refractivity contribution is 7.99. The second-order valence-corrected chi connectivity index (χ2v) is 7.50. The van der Waals surface area contributed by atoms with Crippen LogP contribution in [0.5, 0.6) is 5.75 Å². The van der Waals surface area contributed by atoms with E-state index in [0.29, 0.717) is 23.5 Å². The lowest BCUT2D eigenvalue weighted by atomic mass is 10.2. The third-order valence-electron chi connectivity index (χ3n) is 4.13. The average molecular weight is 399 g/mol. The molecule has 3 aromatic rings. The van der Waals surface area contributed by atoms with Gasteiger partial charge in [0, 0.05) is 28.5 Å². The maximum atomic E-state index is 14.5. The first-order valence-corrected chi connectivity index (χ1v) is 9.85. The van der Waals surface area contributed by atoms with Crippen molar-refractivity contribution in [3.05, 3.63) is 65.7 Å². The standard InChI is InChI=1S/C21H22FN3O2S/c1-14-12-15(2)25(24-14)20-9-4-16(13-19(20)22)23-21(26)10-11-28-18-7-5-17(27-3)6-8-18/h4-9,12-13H,10-11H2,1-3H3,(H,23,26). The number of methoxy groups -OCH3 is 1. The van der Waals surface area contributed by atoms with Crippen molar-refractivity contribution >= 4 is 23.4 Å². The number of hydrogen-bond donors (Lipinski definition) is 1. The molecule has 0 fully saturated rings. The number of thioether (sulfide) groups is 1. The molecular weight excluding hydrogens is 377 g/mol. The summed E-state index contributed by atoms with van der Waals surface area (Å²) in [6, 6.07) is 14.2. The van der Waals surface area contributed by atoms with E-state index >= 15 is 0 Å². The molecule has 0 atom stereocenters. The molecule has 1 N–H and O–H groups in total. The number of nitrogens with zero attached hydrogens (tertiary/aromatic N) is 2. The monoisotopic (exact) mass is 399 g/mol. The Hall–Kier alpha value is -2.80. The first kappa shape index (κ1) is 19.9. The van der Waals surface area contributed by atoms with Gasteiger partial charge in [0.15, 0.2) is 5.82 Å². The minimum absolute atomic E-state index is 0.153. The third-order valence-corrected chi connectivity index (χ3v) is 5.14. The first-order chi connectivity index (χ1) is 13.5. The zero-order valence-corrected chi connectivity index (χ0v) is 16.8. The summed E-state index contributed by atoms with van der Waals surface area (Å²) in [5, 5.41) is 7.03. The van der Waals surface area contributed by atoms with Crippen molar-refractivity contribution in [2.24, 2.45) is 0 Å². The molecule has 0 aliphatic heterocycles. The van der Waals surface area contributed by atoms with E-state index in [1.165, 1.54) is 6.07 Å². The summed E-state index contributed by atoms with van der Waals surface area (Å²) >= 11 is 1.58. The number of halogens is 1. The van der Waals surface area contributed by atoms with Gasteiger partial charge in [-0.3, -0.25) is 4.79 Å². The molecule has 0 saturated heterocycles. The van der Waals surface area contributed by atoms with Gasteiger partial charge in [0.25, 0.3) is 0 Å². The Morgan fingerprint density at radius 3 is 2.54 bits per heavy atom. The van der Waals surface area contributed by atoms with Crippen molar-refractivity contribution < 1.29 is 13.9 Å². The maximum Gasteiger partial charge on any atom is 0.225 e. The number of carbonyl (C=O) groups excluding carboxylic acids is 1. The number of rotatable bonds is 7. The van der Waals surface area contributed by atoms with Crippen LogP contribution >= 0.6 is 11.8 Å². The highest BCUT2D eigenvalue weighted by atomic mass is 32.2. The van der Waals surface area contributed by atoms with E-state index in [2.05, 4.69) is 10.4 Å². The lowest BCUT2D eigenvalue weighted by Crippen LogP contribution is -2.13. The van der Waals surface area contributed by atoms with Crippen molar-refractivity contribution in [2.75, 3.05) is 18.2 Å². The third kappa shape index (κ3) is 4.92. The van der Waals surface area contributed by atoms with Crippen LogP contribution in [0.15, 0.2) is 53.4 Å². The fourth-order valence-corrected chi connectivity index (χ4v) is 3.64. The molecule has 3 rings (SSSR count). The Labute approximate surface area is 167 Å². The van der Waals surface area contributed by atoms with Gasteiger partial charge in [-0.25, -0.2) is 9.07 Å². The average Bonchev–Trinajstić information content (AvgIpc) is 3.00. The van der Waals surface area contributed by atoms with Gasteiger partial charge in [0.05, 0.1) is 12.8 Å². The lowest BCUT2D eigenvalue weighted by molar-refractivity contribution is -0.115. The fraction of sp³-hybridized carbons (Fsp3) is 0.238. The van der Waals surface area contributed by atoms with Gasteiger partial charge < -0.3 is 10.1 Å². The number of aromatic nitrogens is 2. The molecule has 1 amide bonds. The van der Waals surface area contributed by atoms with E-state index in [1.807, 2.05) is 44.2 Å². The van der Waals surface area contributed by atoms with E-state index in [1.54, 1.807) is 35.7 Å². The van der Waals surface area contributed by atoms with Crippen molar-refractivity contribution in [1.82, 2.24) is 9.78 Å². The summed E-state index contributed by atoms with van der Waals surface area (Å²) in [6.07, 6.45) is 0.331. The highest BCUT2D eigenvalue weighted by Gasteiger charge is 2.11. The van der Waals surface area contributed by atoms with Crippen LogP contribution in [0.25, 0.3) is 5.69 Å². The zero-order chi connectivity index (χ0) is 20.1. The molecule has 0 aliphatic rings. The predicted molar refractivity (Wildman–Crippen MR) is 110 cm³/mol. The lowest BCUT2D eigenvalue weighted by Gasteiger charge is -2.09. The van der Waals surface area contributed by atoms with Gasteiger partial charge >= 0.3 is 0 Å². The number of ether oxygens (including phenoxy) is 1. The summed E-state index contributed by atoms with van der Waals surface area (Å²) < 4.78 is 21.2. The second kappa shape index (κ2) is 8.93. The molecule has 0 aliphatic carbocycles. The number of amides is 1. The van der Waals surface area contributed by atoms with E-state index in [0.717, 1.165) is 22.0 Å². The van der Waals surface area contributed by atoms with Gasteiger partial charge in [-0.05, 0) is 62.4 Å². The van der Waals surface area contributed by atoms with Crippen LogP contribution < -0.4 is 10.1 Å². The second-order valence-electron chi connectivity index (χ2n) is 6.33. The van der Waals surface area contributed by atoms with Gasteiger partial charge in [0.1, 0.15) is 11.4 Å². The van der Waals surface area contributed by atoms with Gasteiger partial charge in [-0.1, -0.05) is 0 Å². The number of aryl methyl sites for hydroxylation is 2. The summed E-state index contributed by atoms with van der Waals surface area (Å²) in [4.78, 5) is 13.2. The van der Waals surface area contributed by atoms with Crippen LogP contribution in [0.3, 0.4) is 0 Å². The molecule has 0 saturated carbocycles. The molecule has 28 heavy (non-hydrogen) atoms. The van der Waals surface area contributed by atoms with E-state index in [-0.39, 0.29) is 5.91 Å². The molecule has 7 heteroatoms. The number of benzene rings is 2. The van der Waals surface area contributed by atoms with Crippen molar-refractivity contribution in [2.45, 2.75) is 25.2 Å². The molecule has 2 aromatic carbocycles. The number of carbonyl (C=O) groups is 1. The maximum absolute atomic E-state index is 14.5. The number of hydrogen-bond acceptors (Lipinski definition) is 4. The predicted octanol–water partition coefficient (Wildman–Crippen LogP) is 4.76. The molecule has 0 bridgehead atoms. The minimum Gasteiger partial charge on any atom is -0.497 e. The van der Waals surface area contributed by atoms with Crippen LogP contribution in [0.2, 0.25) is 0 Å². The molecular formula is C21H22FN3O2S. The van der Waals surface area contributed by atoms with Gasteiger partial charge in [-0.15, -0.1) is 11.8 Å². The molecule has 1 aromatic heterocycles. The topological polar surface area (TPSA) is 56.1 Å². The molecule has 0 radical (unpaired) electrons. The largest absolute Gasteiger partial charge is 0.497 e. The SMILES string of the molecule is COc1ccc(SCCC(=O)Nc2ccc(-n3nc(C)cc3C)c(F)c2)cc1. The summed E-state index contributed by atoms with van der Waals surface area (Å²) in [6.45, 7) is 3.73. The van der Waals surface area contributed by atoms with Gasteiger partial charge in [-0.2, -0.15) is 5.10 Å². The van der Waals surface area contributed by atoms with E-state index in [4.69, 9.17) is 4.74 Å². The Morgan fingerprint density at radius 1 is 1.18 bits per heavy atom. The Kier molecular flexibility index (Phi) is 6.36. The fourth-order valence-electron chi connectivity index (χ4n) is 2.79. The molecule has 146 valence electrons. The van der Waals surface area contributed by atoms with Crippen molar-refractivity contribution in [1.29, 1.82) is 0 Å². The Balaban J connectivity index is 1.55. The van der Waals surface area contributed by atoms with Crippen LogP contribution in [0.4, 0.5) is 10.1 Å². The molecule has 5 nitrogen and oxygen atoms in total. The molecule has 0 spiro atoms. The number of nitrogens with one attached hydrogen (secondary N) is 1. The van der Waals surface area contributed by atoms with Crippen molar-refractivity contribution in [3.8, 4) is 11.4 Å². The first-order valence-electron chi connectivity index (χ1n) is 8.86. The zero-order valence-electron chi connectivity index (χ0n) is 16.0. The summed E-state index contributed by atoms with van der Waals surface area (Å²) in [5.41, 5.74) is 2.47. The number of anilines is 1. The Morgan fingerprint density at radius 2 is 1.93 bits per heavy atom. The minimum atomic E-state index is -0.434. The van der Waals surface area contributed by atoms with Crippen LogP contribution in [-0.4, -0.2) is 28.6 Å². The highest BCUT2D eigenvalue weighted by Crippen LogP contribution is 2.23. The van der Waals surface area contributed by atoms with Gasteiger partial charge in [0.2, 0.25) is 5.91 Å². The van der Waals surface area contributed by atoms with Crippen LogP contribution in [0.1, 0.15) is 17.8 Å². The normalized spacial score (nSPS) is 10.7. The van der Waals surface area contributed by atoms with E-state index < -0.39 is 5.82 Å². The summed E-state index contributed by atoms with van der Waals surface area (Å²) in [5.74, 6) is 0.841. The Bertz CT molecular complexity index is 970. The van der Waals surface area contributed by atoms with E-state index in [9.17, 15) is 9.18 Å². The molecule has 1 heterocycles. The van der Waals surface area contributed by atoms with Crippen LogP contribution in [-0.2, 0) is 4.79 Å². The quantitative estimate of drug-likeness (QED) is 0.582.